The Kier molecular flexibility index (Phi) is 5.84. The third-order valence-corrected chi connectivity index (χ3v) is 2.01. The molecule has 14 heavy (non-hydrogen) atoms. The van der Waals surface area contributed by atoms with Crippen LogP contribution in [0.25, 0.3) is 6.20 Å². The van der Waals surface area contributed by atoms with Crippen LogP contribution in [0, 0.1) is 12.8 Å². The van der Waals surface area contributed by atoms with Crippen LogP contribution < -0.4 is 0 Å². The molecule has 0 amide bonds. The second-order valence-corrected chi connectivity index (χ2v) is 3.31. The van der Waals surface area contributed by atoms with Gasteiger partial charge in [-0.25, -0.2) is 0 Å². The highest BCUT2D eigenvalue weighted by Crippen LogP contribution is 2.09. The summed E-state index contributed by atoms with van der Waals surface area (Å²) in [5, 5.41) is 7.70. The van der Waals surface area contributed by atoms with Gasteiger partial charge in [0.15, 0.2) is 0 Å². The van der Waals surface area contributed by atoms with Crippen LogP contribution in [-0.4, -0.2) is 14.8 Å². The molecule has 0 radical (unpaired) electrons. The molecule has 0 N–H and O–H groups in total. The van der Waals surface area contributed by atoms with Gasteiger partial charge in [-0.1, -0.05) is 33.3 Å². The first kappa shape index (κ1) is 12.9. The zero-order chi connectivity index (χ0) is 11.1. The van der Waals surface area contributed by atoms with Crippen molar-refractivity contribution in [1.29, 1.82) is 0 Å². The maximum absolute atomic E-state index is 3.90. The minimum atomic E-state index is 0.576. The highest BCUT2D eigenvalue weighted by atomic mass is 15.2. The molecule has 0 fully saturated rings. The molecule has 0 aliphatic heterocycles. The van der Waals surface area contributed by atoms with Crippen molar-refractivity contribution < 1.29 is 0 Å². The monoisotopic (exact) mass is 195 g/mol. The Hall–Kier alpha value is -1.12. The Morgan fingerprint density at radius 2 is 2.00 bits per heavy atom. The number of nitrogens with zero attached hydrogens (tertiary/aromatic N) is 3. The minimum absolute atomic E-state index is 0.576. The van der Waals surface area contributed by atoms with Crippen molar-refractivity contribution in [2.24, 2.45) is 5.92 Å². The molecule has 0 aromatic carbocycles. The molecule has 3 heteroatoms. The van der Waals surface area contributed by atoms with Crippen LogP contribution in [0.3, 0.4) is 0 Å². The quantitative estimate of drug-likeness (QED) is 0.726. The van der Waals surface area contributed by atoms with E-state index in [1.807, 2.05) is 25.3 Å². The number of rotatable bonds is 2. The largest absolute Gasteiger partial charge is 0.293 e. The summed E-state index contributed by atoms with van der Waals surface area (Å²) in [6.45, 7) is 12.4. The molecule has 1 aromatic heterocycles. The van der Waals surface area contributed by atoms with Crippen LogP contribution >= 0.6 is 0 Å². The Morgan fingerprint density at radius 1 is 1.43 bits per heavy atom. The van der Waals surface area contributed by atoms with Crippen LogP contribution in [0.5, 0.6) is 0 Å². The molecule has 0 saturated heterocycles. The van der Waals surface area contributed by atoms with Gasteiger partial charge in [-0.15, -0.1) is 10.2 Å². The van der Waals surface area contributed by atoms with Gasteiger partial charge < -0.3 is 0 Å². The predicted molar refractivity (Wildman–Crippen MR) is 60.9 cm³/mol. The third-order valence-electron chi connectivity index (χ3n) is 2.01. The maximum atomic E-state index is 3.90. The molecule has 0 aliphatic rings. The summed E-state index contributed by atoms with van der Waals surface area (Å²) in [6.07, 6.45) is 3.79. The Balaban J connectivity index is 0.000000791. The van der Waals surface area contributed by atoms with Crippen LogP contribution in [0.2, 0.25) is 0 Å². The zero-order valence-electron chi connectivity index (χ0n) is 10.1. The highest BCUT2D eigenvalue weighted by Gasteiger charge is 1.98. The number of allylic oxidation sites excluding steroid dienone is 1. The molecule has 0 aliphatic carbocycles. The van der Waals surface area contributed by atoms with Crippen molar-refractivity contribution in [1.82, 2.24) is 14.8 Å². The molecular formula is C11H21N3. The van der Waals surface area contributed by atoms with E-state index in [0.29, 0.717) is 5.92 Å². The van der Waals surface area contributed by atoms with Crippen LogP contribution in [0.1, 0.15) is 40.4 Å². The fourth-order valence-electron chi connectivity index (χ4n) is 0.795. The first-order valence-electron chi connectivity index (χ1n) is 5.15. The number of hydrogen-bond donors (Lipinski definition) is 0. The van der Waals surface area contributed by atoms with E-state index in [1.165, 1.54) is 5.57 Å². The average molecular weight is 195 g/mol. The summed E-state index contributed by atoms with van der Waals surface area (Å²) >= 11 is 0. The molecule has 0 atom stereocenters. The first-order chi connectivity index (χ1) is 6.61. The topological polar surface area (TPSA) is 30.7 Å². The molecular weight excluding hydrogens is 174 g/mol. The van der Waals surface area contributed by atoms with E-state index < -0.39 is 0 Å². The van der Waals surface area contributed by atoms with Gasteiger partial charge in [-0.2, -0.15) is 0 Å². The van der Waals surface area contributed by atoms with Gasteiger partial charge in [-0.05, 0) is 19.8 Å². The lowest BCUT2D eigenvalue weighted by Crippen LogP contribution is -1.94. The van der Waals surface area contributed by atoms with E-state index in [-0.39, 0.29) is 0 Å². The maximum Gasteiger partial charge on any atom is 0.133 e. The van der Waals surface area contributed by atoms with E-state index in [2.05, 4.69) is 37.2 Å². The summed E-state index contributed by atoms with van der Waals surface area (Å²) in [5.74, 6) is 1.50. The smallest absolute Gasteiger partial charge is 0.133 e. The predicted octanol–water partition coefficient (Wildman–Crippen LogP) is 3.13. The average Bonchev–Trinajstić information content (AvgIpc) is 2.55. The fourth-order valence-corrected chi connectivity index (χ4v) is 0.795. The standard InChI is InChI=1S/C9H15N3.C2H6/c1-7(2)8(3)5-12-6-10-11-9(12)4;1-2/h5-7H,1-4H3;1-2H3/b8-5+;. The Labute approximate surface area is 86.9 Å². The lowest BCUT2D eigenvalue weighted by molar-refractivity contribution is 0.768. The second kappa shape index (κ2) is 6.35. The van der Waals surface area contributed by atoms with Crippen LogP contribution in [-0.2, 0) is 0 Å². The number of hydrogen-bond acceptors (Lipinski definition) is 2. The number of aromatic nitrogens is 3. The van der Waals surface area contributed by atoms with Crippen LogP contribution in [0.15, 0.2) is 11.9 Å². The van der Waals surface area contributed by atoms with Crippen molar-refractivity contribution in [3.8, 4) is 0 Å². The summed E-state index contributed by atoms with van der Waals surface area (Å²) in [5.41, 5.74) is 1.33. The fraction of sp³-hybridized carbons (Fsp3) is 0.636. The molecule has 0 unspecified atom stereocenters. The van der Waals surface area contributed by atoms with E-state index >= 15 is 0 Å². The molecule has 1 rings (SSSR count). The minimum Gasteiger partial charge on any atom is -0.293 e. The normalized spacial score (nSPS) is 11.2. The van der Waals surface area contributed by atoms with Gasteiger partial charge in [0.1, 0.15) is 12.2 Å². The second-order valence-electron chi connectivity index (χ2n) is 3.31. The summed E-state index contributed by atoms with van der Waals surface area (Å²) in [6, 6.07) is 0. The van der Waals surface area contributed by atoms with Gasteiger partial charge in [0.2, 0.25) is 0 Å². The summed E-state index contributed by atoms with van der Waals surface area (Å²) in [7, 11) is 0. The van der Waals surface area contributed by atoms with Crippen molar-refractivity contribution in [2.45, 2.75) is 41.5 Å². The lowest BCUT2D eigenvalue weighted by atomic mass is 10.1. The van der Waals surface area contributed by atoms with Crippen molar-refractivity contribution in [3.05, 3.63) is 17.7 Å². The third kappa shape index (κ3) is 3.73. The summed E-state index contributed by atoms with van der Waals surface area (Å²) < 4.78 is 1.94. The van der Waals surface area contributed by atoms with E-state index in [0.717, 1.165) is 5.82 Å². The SMILES string of the molecule is C/C(=C\n1cnnc1C)C(C)C.CC. The van der Waals surface area contributed by atoms with Gasteiger partial charge in [-0.3, -0.25) is 4.57 Å². The molecule has 1 aromatic rings. The molecule has 0 spiro atoms. The molecule has 0 bridgehead atoms. The molecule has 80 valence electrons. The van der Waals surface area contributed by atoms with E-state index in [4.69, 9.17) is 0 Å². The first-order valence-corrected chi connectivity index (χ1v) is 5.15. The van der Waals surface area contributed by atoms with Gasteiger partial charge in [0.25, 0.3) is 0 Å². The molecule has 3 nitrogen and oxygen atoms in total. The van der Waals surface area contributed by atoms with E-state index in [1.54, 1.807) is 6.33 Å². The van der Waals surface area contributed by atoms with Gasteiger partial charge in [0.05, 0.1) is 0 Å². The summed E-state index contributed by atoms with van der Waals surface area (Å²) in [4.78, 5) is 0. The van der Waals surface area contributed by atoms with Crippen LogP contribution in [0.4, 0.5) is 0 Å². The Morgan fingerprint density at radius 3 is 2.36 bits per heavy atom. The van der Waals surface area contributed by atoms with Gasteiger partial charge in [0, 0.05) is 6.20 Å². The lowest BCUT2D eigenvalue weighted by Gasteiger charge is -2.04. The van der Waals surface area contributed by atoms with Gasteiger partial charge >= 0.3 is 0 Å². The van der Waals surface area contributed by atoms with E-state index in [9.17, 15) is 0 Å². The number of aryl methyl sites for hydroxylation is 1. The zero-order valence-corrected chi connectivity index (χ0v) is 10.1. The Bertz CT molecular complexity index is 284. The van der Waals surface area contributed by atoms with Crippen molar-refractivity contribution >= 4 is 6.20 Å². The molecule has 1 heterocycles. The van der Waals surface area contributed by atoms with Crippen molar-refractivity contribution in [2.75, 3.05) is 0 Å². The molecule has 0 saturated carbocycles. The van der Waals surface area contributed by atoms with Crippen molar-refractivity contribution in [3.63, 3.8) is 0 Å². The highest BCUT2D eigenvalue weighted by molar-refractivity contribution is 5.30.